The summed E-state index contributed by atoms with van der Waals surface area (Å²) in [6.07, 6.45) is 9.39. The predicted molar refractivity (Wildman–Crippen MR) is 196 cm³/mol. The lowest BCUT2D eigenvalue weighted by molar-refractivity contribution is 0.859. The molecule has 0 bridgehead atoms. The molecule has 5 heteroatoms. The molecule has 1 unspecified atom stereocenters. The van der Waals surface area contributed by atoms with Crippen LogP contribution in [0.2, 0.25) is 0 Å². The first-order chi connectivity index (χ1) is 23.8. The molecule has 8 aromatic rings. The zero-order valence-electron chi connectivity index (χ0n) is 25.9. The van der Waals surface area contributed by atoms with Crippen LogP contribution in [0.3, 0.4) is 0 Å². The first kappa shape index (κ1) is 27.8. The molecule has 0 amide bonds. The van der Waals surface area contributed by atoms with Crippen molar-refractivity contribution in [2.75, 3.05) is 0 Å². The minimum atomic E-state index is -0.280. The molecule has 226 valence electrons. The van der Waals surface area contributed by atoms with Crippen molar-refractivity contribution in [3.8, 4) is 45.2 Å². The molecule has 1 aliphatic heterocycles. The molecule has 48 heavy (non-hydrogen) atoms. The van der Waals surface area contributed by atoms with E-state index in [0.29, 0.717) is 23.2 Å². The standard InChI is InChI=1S/C43H28N5/c1-2-12-31-27-32(24-19-28(31)11-1)40-35-15-5-3-13-33(35)39(34-14-4-6-16-36(34)40)29-20-22-30(23-21-29)41-46-42(37-17-7-9-25-44-37)48-43(47-41)38-18-8-10-26-45-38/h1-27,37H/q-1. The lowest BCUT2D eigenvalue weighted by Crippen LogP contribution is -2.07. The number of allylic oxidation sites excluding steroid dienone is 2. The molecule has 1 aliphatic rings. The van der Waals surface area contributed by atoms with Crippen LogP contribution in [0.5, 0.6) is 0 Å². The molecular weight excluding hydrogens is 587 g/mol. The number of aromatic nitrogens is 4. The van der Waals surface area contributed by atoms with Crippen LogP contribution >= 0.6 is 0 Å². The van der Waals surface area contributed by atoms with Gasteiger partial charge in [0.2, 0.25) is 0 Å². The van der Waals surface area contributed by atoms with E-state index in [-0.39, 0.29) is 6.04 Å². The summed E-state index contributed by atoms with van der Waals surface area (Å²) in [7, 11) is 0. The Morgan fingerprint density at radius 1 is 0.479 bits per heavy atom. The normalized spacial score (nSPS) is 14.0. The fraction of sp³-hybridized carbons (Fsp3) is 0.0233. The summed E-state index contributed by atoms with van der Waals surface area (Å²) in [4.78, 5) is 19.0. The van der Waals surface area contributed by atoms with Gasteiger partial charge in [-0.05, 0) is 78.8 Å². The van der Waals surface area contributed by atoms with Gasteiger partial charge in [-0.15, -0.1) is 0 Å². The van der Waals surface area contributed by atoms with Crippen molar-refractivity contribution in [3.63, 3.8) is 0 Å². The topological polar surface area (TPSA) is 65.7 Å². The summed E-state index contributed by atoms with van der Waals surface area (Å²) in [5.74, 6) is 1.71. The molecule has 0 aliphatic carbocycles. The summed E-state index contributed by atoms with van der Waals surface area (Å²) in [5, 5.41) is 11.9. The number of hydrogen-bond donors (Lipinski definition) is 0. The number of benzene rings is 6. The highest BCUT2D eigenvalue weighted by atomic mass is 15.1. The average Bonchev–Trinajstić information content (AvgIpc) is 3.17. The number of fused-ring (bicyclic) bond motifs is 3. The third-order valence-corrected chi connectivity index (χ3v) is 8.95. The summed E-state index contributed by atoms with van der Waals surface area (Å²) < 4.78 is 0. The van der Waals surface area contributed by atoms with E-state index in [1.807, 2.05) is 36.4 Å². The molecule has 0 N–H and O–H groups in total. The van der Waals surface area contributed by atoms with E-state index in [1.165, 1.54) is 49.0 Å². The van der Waals surface area contributed by atoms with Crippen LogP contribution < -0.4 is 0 Å². The molecule has 5 nitrogen and oxygen atoms in total. The monoisotopic (exact) mass is 614 g/mol. The van der Waals surface area contributed by atoms with Gasteiger partial charge < -0.3 is 5.32 Å². The summed E-state index contributed by atoms with van der Waals surface area (Å²) >= 11 is 0. The number of rotatable bonds is 5. The smallest absolute Gasteiger partial charge is 0.182 e. The van der Waals surface area contributed by atoms with Gasteiger partial charge in [0.25, 0.3) is 0 Å². The second-order valence-electron chi connectivity index (χ2n) is 11.9. The van der Waals surface area contributed by atoms with Crippen molar-refractivity contribution in [2.45, 2.75) is 6.04 Å². The quantitative estimate of drug-likeness (QED) is 0.181. The molecule has 0 saturated heterocycles. The first-order valence-electron chi connectivity index (χ1n) is 16.0. The lowest BCUT2D eigenvalue weighted by Gasteiger charge is -2.27. The SMILES string of the molecule is C1=C[N-]C(c2nc(-c3ccc(-c4c5ccccc5c(-c5ccc6ccccc6c5)c5ccccc45)cc3)nc(-c3ccccn3)n2)C=C1. The Labute approximate surface area is 278 Å². The van der Waals surface area contributed by atoms with Crippen LogP contribution in [-0.4, -0.2) is 19.9 Å². The van der Waals surface area contributed by atoms with Gasteiger partial charge in [-0.2, -0.15) is 6.20 Å². The molecule has 0 spiro atoms. The minimum Gasteiger partial charge on any atom is -0.679 e. The minimum absolute atomic E-state index is 0.280. The van der Waals surface area contributed by atoms with Crippen LogP contribution in [0, 0.1) is 0 Å². The van der Waals surface area contributed by atoms with Crippen molar-refractivity contribution in [2.24, 2.45) is 0 Å². The first-order valence-corrected chi connectivity index (χ1v) is 16.0. The van der Waals surface area contributed by atoms with Gasteiger partial charge >= 0.3 is 0 Å². The van der Waals surface area contributed by atoms with Crippen LogP contribution in [0.15, 0.2) is 164 Å². The Morgan fingerprint density at radius 2 is 1.08 bits per heavy atom. The molecule has 6 aromatic carbocycles. The van der Waals surface area contributed by atoms with Crippen LogP contribution in [0.25, 0.3) is 82.8 Å². The Hall–Kier alpha value is -6.46. The average molecular weight is 615 g/mol. The second kappa shape index (κ2) is 11.7. The molecule has 0 saturated carbocycles. The van der Waals surface area contributed by atoms with E-state index < -0.39 is 0 Å². The van der Waals surface area contributed by atoms with Crippen LogP contribution in [0.1, 0.15) is 11.9 Å². The van der Waals surface area contributed by atoms with E-state index >= 15 is 0 Å². The summed E-state index contributed by atoms with van der Waals surface area (Å²) in [5.41, 5.74) is 6.40. The molecule has 2 aromatic heterocycles. The van der Waals surface area contributed by atoms with E-state index in [1.54, 1.807) is 12.4 Å². The summed E-state index contributed by atoms with van der Waals surface area (Å²) in [6, 6.07) is 46.8. The molecule has 3 heterocycles. The highest BCUT2D eigenvalue weighted by Gasteiger charge is 2.18. The van der Waals surface area contributed by atoms with Crippen LogP contribution in [0.4, 0.5) is 0 Å². The zero-order valence-corrected chi connectivity index (χ0v) is 25.9. The fourth-order valence-corrected chi connectivity index (χ4v) is 6.71. The van der Waals surface area contributed by atoms with E-state index in [9.17, 15) is 0 Å². The Bertz CT molecular complexity index is 2480. The molecule has 0 radical (unpaired) electrons. The van der Waals surface area contributed by atoms with Crippen molar-refractivity contribution < 1.29 is 0 Å². The maximum atomic E-state index is 4.89. The van der Waals surface area contributed by atoms with E-state index in [4.69, 9.17) is 15.0 Å². The fourth-order valence-electron chi connectivity index (χ4n) is 6.71. The third kappa shape index (κ3) is 4.89. The van der Waals surface area contributed by atoms with Gasteiger partial charge in [-0.3, -0.25) is 4.98 Å². The van der Waals surface area contributed by atoms with Crippen molar-refractivity contribution >= 4 is 32.3 Å². The number of hydrogen-bond acceptors (Lipinski definition) is 4. The molecule has 0 fully saturated rings. The van der Waals surface area contributed by atoms with Gasteiger partial charge in [0.05, 0.1) is 0 Å². The zero-order chi connectivity index (χ0) is 31.9. The number of pyridine rings is 1. The highest BCUT2D eigenvalue weighted by Crippen LogP contribution is 2.44. The lowest BCUT2D eigenvalue weighted by atomic mass is 9.85. The van der Waals surface area contributed by atoms with Crippen LogP contribution in [-0.2, 0) is 0 Å². The predicted octanol–water partition coefficient (Wildman–Crippen LogP) is 10.9. The van der Waals surface area contributed by atoms with Crippen molar-refractivity contribution in [1.82, 2.24) is 19.9 Å². The van der Waals surface area contributed by atoms with Crippen molar-refractivity contribution in [3.05, 3.63) is 175 Å². The van der Waals surface area contributed by atoms with Crippen molar-refractivity contribution in [1.29, 1.82) is 0 Å². The Balaban J connectivity index is 1.19. The van der Waals surface area contributed by atoms with Gasteiger partial charge in [-0.25, -0.2) is 15.0 Å². The van der Waals surface area contributed by atoms with Gasteiger partial charge in [0.1, 0.15) is 11.5 Å². The number of nitrogens with zero attached hydrogens (tertiary/aromatic N) is 5. The van der Waals surface area contributed by atoms with Gasteiger partial charge in [0, 0.05) is 11.8 Å². The van der Waals surface area contributed by atoms with Gasteiger partial charge in [-0.1, -0.05) is 133 Å². The summed E-state index contributed by atoms with van der Waals surface area (Å²) in [6.45, 7) is 0. The van der Waals surface area contributed by atoms with Gasteiger partial charge in [0.15, 0.2) is 11.6 Å². The maximum absolute atomic E-state index is 4.89. The second-order valence-corrected chi connectivity index (χ2v) is 11.9. The maximum Gasteiger partial charge on any atom is 0.182 e. The Morgan fingerprint density at radius 3 is 1.75 bits per heavy atom. The largest absolute Gasteiger partial charge is 0.679 e. The highest BCUT2D eigenvalue weighted by molar-refractivity contribution is 6.21. The van der Waals surface area contributed by atoms with E-state index in [2.05, 4.69) is 126 Å². The van der Waals surface area contributed by atoms with E-state index in [0.717, 1.165) is 11.1 Å². The molecule has 1 atom stereocenters. The molecular formula is C43H28N5-. The Kier molecular flexibility index (Phi) is 6.79. The molecule has 9 rings (SSSR count). The third-order valence-electron chi connectivity index (χ3n) is 8.95.